The number of carbonyl (C=O) groups excluding carboxylic acids is 1. The van der Waals surface area contributed by atoms with Crippen molar-refractivity contribution in [3.63, 3.8) is 0 Å². The van der Waals surface area contributed by atoms with E-state index in [1.165, 1.54) is 0 Å². The molecule has 0 bridgehead atoms. The minimum absolute atomic E-state index is 0.210. The van der Waals surface area contributed by atoms with E-state index in [9.17, 15) is 4.79 Å². The fraction of sp³-hybridized carbons (Fsp3) is 0.455. The minimum atomic E-state index is -0.236. The highest BCUT2D eigenvalue weighted by Crippen LogP contribution is 2.10. The molecule has 0 radical (unpaired) electrons. The number of hydrogen-bond acceptors (Lipinski definition) is 2. The summed E-state index contributed by atoms with van der Waals surface area (Å²) >= 11 is 0. The molecule has 0 spiro atoms. The maximum Gasteiger partial charge on any atom is 0.319 e. The van der Waals surface area contributed by atoms with Crippen LogP contribution < -0.4 is 10.6 Å². The molecule has 0 saturated carbocycles. The first-order valence-electron chi connectivity index (χ1n) is 4.89. The fourth-order valence-electron chi connectivity index (χ4n) is 1.11. The van der Waals surface area contributed by atoms with Gasteiger partial charge in [-0.05, 0) is 39.8 Å². The van der Waals surface area contributed by atoms with Crippen LogP contribution in [0.25, 0.3) is 0 Å². The van der Waals surface area contributed by atoms with Crippen molar-refractivity contribution >= 4 is 11.7 Å². The van der Waals surface area contributed by atoms with Gasteiger partial charge in [-0.3, -0.25) is 4.98 Å². The van der Waals surface area contributed by atoms with Crippen LogP contribution in [-0.2, 0) is 0 Å². The molecule has 82 valence electrons. The van der Waals surface area contributed by atoms with Gasteiger partial charge in [-0.2, -0.15) is 0 Å². The quantitative estimate of drug-likeness (QED) is 0.742. The summed E-state index contributed by atoms with van der Waals surface area (Å²) in [4.78, 5) is 15.6. The van der Waals surface area contributed by atoms with Crippen LogP contribution in [-0.4, -0.2) is 16.6 Å². The standard InChI is InChI=1S/C11H17N3O/c1-8-9(6-5-7-12-8)13-10(15)14-11(2,3)4/h5-7H,1-4H3,(H2,13,14,15). The number of anilines is 1. The average Bonchev–Trinajstić information content (AvgIpc) is 2.05. The molecule has 4 nitrogen and oxygen atoms in total. The zero-order valence-corrected chi connectivity index (χ0v) is 9.59. The summed E-state index contributed by atoms with van der Waals surface area (Å²) in [6, 6.07) is 3.41. The second-order valence-electron chi connectivity index (χ2n) is 4.47. The van der Waals surface area contributed by atoms with Crippen LogP contribution in [0, 0.1) is 6.92 Å². The first kappa shape index (κ1) is 11.5. The number of rotatable bonds is 1. The number of aryl methyl sites for hydroxylation is 1. The summed E-state index contributed by atoms with van der Waals surface area (Å²) in [5.41, 5.74) is 1.31. The number of hydrogen-bond donors (Lipinski definition) is 2. The second-order valence-corrected chi connectivity index (χ2v) is 4.47. The zero-order chi connectivity index (χ0) is 11.5. The van der Waals surface area contributed by atoms with Gasteiger partial charge in [0.1, 0.15) is 0 Å². The molecule has 1 aromatic rings. The summed E-state index contributed by atoms with van der Waals surface area (Å²) in [6.07, 6.45) is 1.70. The van der Waals surface area contributed by atoms with Gasteiger partial charge in [0, 0.05) is 11.7 Å². The van der Waals surface area contributed by atoms with E-state index in [2.05, 4.69) is 15.6 Å². The first-order chi connectivity index (χ1) is 6.88. The van der Waals surface area contributed by atoms with Gasteiger partial charge in [0.25, 0.3) is 0 Å². The molecule has 0 aliphatic rings. The predicted octanol–water partition coefficient (Wildman–Crippen LogP) is 2.31. The zero-order valence-electron chi connectivity index (χ0n) is 9.59. The van der Waals surface area contributed by atoms with Crippen LogP contribution in [0.3, 0.4) is 0 Å². The highest BCUT2D eigenvalue weighted by Gasteiger charge is 2.13. The SMILES string of the molecule is Cc1ncccc1NC(=O)NC(C)(C)C. The van der Waals surface area contributed by atoms with Gasteiger partial charge >= 0.3 is 6.03 Å². The van der Waals surface area contributed by atoms with Crippen LogP contribution in [0.1, 0.15) is 26.5 Å². The highest BCUT2D eigenvalue weighted by atomic mass is 16.2. The van der Waals surface area contributed by atoms with Gasteiger partial charge in [-0.1, -0.05) is 0 Å². The molecular formula is C11H17N3O. The van der Waals surface area contributed by atoms with Crippen LogP contribution in [0.4, 0.5) is 10.5 Å². The largest absolute Gasteiger partial charge is 0.333 e. The third kappa shape index (κ3) is 3.97. The number of carbonyl (C=O) groups is 1. The molecule has 0 atom stereocenters. The van der Waals surface area contributed by atoms with Crippen molar-refractivity contribution in [2.45, 2.75) is 33.2 Å². The molecule has 2 N–H and O–H groups in total. The number of aromatic nitrogens is 1. The van der Waals surface area contributed by atoms with Crippen molar-refractivity contribution in [1.82, 2.24) is 10.3 Å². The van der Waals surface area contributed by atoms with Crippen molar-refractivity contribution in [2.75, 3.05) is 5.32 Å². The number of amides is 2. The summed E-state index contributed by atoms with van der Waals surface area (Å²) in [7, 11) is 0. The Labute approximate surface area is 90.1 Å². The fourth-order valence-corrected chi connectivity index (χ4v) is 1.11. The van der Waals surface area contributed by atoms with E-state index in [1.54, 1.807) is 12.3 Å². The molecule has 0 aliphatic heterocycles. The molecule has 4 heteroatoms. The van der Waals surface area contributed by atoms with Gasteiger partial charge < -0.3 is 10.6 Å². The monoisotopic (exact) mass is 207 g/mol. The van der Waals surface area contributed by atoms with Gasteiger partial charge in [0.2, 0.25) is 0 Å². The van der Waals surface area contributed by atoms with Crippen molar-refractivity contribution < 1.29 is 4.79 Å². The van der Waals surface area contributed by atoms with Crippen LogP contribution >= 0.6 is 0 Å². The minimum Gasteiger partial charge on any atom is -0.333 e. The first-order valence-corrected chi connectivity index (χ1v) is 4.89. The molecule has 0 aliphatic carbocycles. The summed E-state index contributed by atoms with van der Waals surface area (Å²) in [5.74, 6) is 0. The van der Waals surface area contributed by atoms with E-state index in [0.29, 0.717) is 0 Å². The second kappa shape index (κ2) is 4.29. The lowest BCUT2D eigenvalue weighted by Gasteiger charge is -2.21. The van der Waals surface area contributed by atoms with Gasteiger partial charge in [0.05, 0.1) is 11.4 Å². The lowest BCUT2D eigenvalue weighted by molar-refractivity contribution is 0.244. The van der Waals surface area contributed by atoms with Gasteiger partial charge in [-0.25, -0.2) is 4.79 Å². The van der Waals surface area contributed by atoms with E-state index in [-0.39, 0.29) is 11.6 Å². The molecule has 1 rings (SSSR count). The average molecular weight is 207 g/mol. The van der Waals surface area contributed by atoms with Gasteiger partial charge in [-0.15, -0.1) is 0 Å². The maximum atomic E-state index is 11.5. The predicted molar refractivity (Wildman–Crippen MR) is 60.9 cm³/mol. The van der Waals surface area contributed by atoms with Crippen LogP contribution in [0.5, 0.6) is 0 Å². The van der Waals surface area contributed by atoms with Crippen molar-refractivity contribution in [2.24, 2.45) is 0 Å². The van der Waals surface area contributed by atoms with E-state index >= 15 is 0 Å². The number of nitrogens with one attached hydrogen (secondary N) is 2. The molecule has 15 heavy (non-hydrogen) atoms. The van der Waals surface area contributed by atoms with Gasteiger partial charge in [0.15, 0.2) is 0 Å². The Morgan fingerprint density at radius 2 is 2.07 bits per heavy atom. The van der Waals surface area contributed by atoms with Crippen LogP contribution in [0.2, 0.25) is 0 Å². The Balaban J connectivity index is 2.64. The lowest BCUT2D eigenvalue weighted by atomic mass is 10.1. The maximum absolute atomic E-state index is 11.5. The number of nitrogens with zero attached hydrogens (tertiary/aromatic N) is 1. The lowest BCUT2D eigenvalue weighted by Crippen LogP contribution is -2.43. The Morgan fingerprint density at radius 1 is 1.40 bits per heavy atom. The Kier molecular flexibility index (Phi) is 3.29. The van der Waals surface area contributed by atoms with E-state index in [4.69, 9.17) is 0 Å². The molecule has 0 saturated heterocycles. The van der Waals surface area contributed by atoms with Crippen molar-refractivity contribution in [3.05, 3.63) is 24.0 Å². The molecule has 2 amide bonds. The topological polar surface area (TPSA) is 54.0 Å². The third-order valence-electron chi connectivity index (χ3n) is 1.74. The third-order valence-corrected chi connectivity index (χ3v) is 1.74. The van der Waals surface area contributed by atoms with Crippen molar-refractivity contribution in [1.29, 1.82) is 0 Å². The Bertz CT molecular complexity index is 355. The van der Waals surface area contributed by atoms with Crippen LogP contribution in [0.15, 0.2) is 18.3 Å². The smallest absolute Gasteiger partial charge is 0.319 e. The number of pyridine rings is 1. The van der Waals surface area contributed by atoms with E-state index in [0.717, 1.165) is 11.4 Å². The molecule has 0 unspecified atom stereocenters. The van der Waals surface area contributed by atoms with Crippen molar-refractivity contribution in [3.8, 4) is 0 Å². The molecule has 0 aromatic carbocycles. The molecular weight excluding hydrogens is 190 g/mol. The molecule has 0 fully saturated rings. The van der Waals surface area contributed by atoms with E-state index in [1.807, 2.05) is 33.8 Å². The van der Waals surface area contributed by atoms with E-state index < -0.39 is 0 Å². The summed E-state index contributed by atoms with van der Waals surface area (Å²) in [6.45, 7) is 7.65. The highest BCUT2D eigenvalue weighted by molar-refractivity contribution is 5.90. The Morgan fingerprint density at radius 3 is 2.60 bits per heavy atom. The number of urea groups is 1. The molecule has 1 heterocycles. The Hall–Kier alpha value is -1.58. The normalized spacial score (nSPS) is 10.9. The summed E-state index contributed by atoms with van der Waals surface area (Å²) in [5, 5.41) is 5.57. The molecule has 1 aromatic heterocycles. The summed E-state index contributed by atoms with van der Waals surface area (Å²) < 4.78 is 0.